The fourth-order valence-electron chi connectivity index (χ4n) is 4.03. The summed E-state index contributed by atoms with van der Waals surface area (Å²) in [6, 6.07) is 13.5. The molecule has 0 spiro atoms. The largest absolute Gasteiger partial charge is 0.371 e. The molecule has 0 atom stereocenters. The van der Waals surface area contributed by atoms with Crippen LogP contribution in [0.5, 0.6) is 0 Å². The molecule has 0 saturated carbocycles. The summed E-state index contributed by atoms with van der Waals surface area (Å²) in [7, 11) is 0. The highest BCUT2D eigenvalue weighted by Crippen LogP contribution is 2.28. The van der Waals surface area contributed by atoms with Crippen molar-refractivity contribution in [1.82, 2.24) is 5.32 Å². The third-order valence-electron chi connectivity index (χ3n) is 5.90. The first-order chi connectivity index (χ1) is 15.5. The molecule has 1 aliphatic heterocycles. The molecule has 5 heteroatoms. The summed E-state index contributed by atoms with van der Waals surface area (Å²) in [5.74, 6) is 0.128. The molecule has 0 aromatic heterocycles. The van der Waals surface area contributed by atoms with Gasteiger partial charge in [-0.05, 0) is 67.5 Å². The van der Waals surface area contributed by atoms with Crippen LogP contribution in [0.15, 0.2) is 42.5 Å². The molecule has 172 valence electrons. The number of anilines is 2. The lowest BCUT2D eigenvalue weighted by Gasteiger charge is -2.22. The Morgan fingerprint density at radius 2 is 1.69 bits per heavy atom. The van der Waals surface area contributed by atoms with Gasteiger partial charge in [-0.2, -0.15) is 0 Å². The Kier molecular flexibility index (Phi) is 8.72. The van der Waals surface area contributed by atoms with E-state index in [0.717, 1.165) is 38.0 Å². The van der Waals surface area contributed by atoms with Gasteiger partial charge in [0.25, 0.3) is 11.8 Å². The lowest BCUT2D eigenvalue weighted by Crippen LogP contribution is -2.30. The van der Waals surface area contributed by atoms with Crippen LogP contribution in [0.25, 0.3) is 0 Å². The van der Waals surface area contributed by atoms with Crippen molar-refractivity contribution in [3.63, 3.8) is 0 Å². The van der Waals surface area contributed by atoms with E-state index in [-0.39, 0.29) is 11.8 Å². The SMILES string of the molecule is CCCCCc1ccc(C(=O)Nc2ccc(N3CCCC3)c(C(=O)NCC(C)C)c2)cc1. The van der Waals surface area contributed by atoms with E-state index >= 15 is 0 Å². The fourth-order valence-corrected chi connectivity index (χ4v) is 4.03. The normalized spacial score (nSPS) is 13.4. The molecule has 1 aliphatic rings. The Balaban J connectivity index is 1.73. The molecule has 0 aliphatic carbocycles. The Morgan fingerprint density at radius 3 is 2.34 bits per heavy atom. The van der Waals surface area contributed by atoms with Crippen LogP contribution in [-0.4, -0.2) is 31.4 Å². The van der Waals surface area contributed by atoms with Crippen LogP contribution in [0, 0.1) is 5.92 Å². The second kappa shape index (κ2) is 11.7. The van der Waals surface area contributed by atoms with Crippen LogP contribution in [0.3, 0.4) is 0 Å². The molecule has 0 bridgehead atoms. The van der Waals surface area contributed by atoms with Crippen molar-refractivity contribution in [3.05, 3.63) is 59.2 Å². The number of nitrogens with zero attached hydrogens (tertiary/aromatic N) is 1. The highest BCUT2D eigenvalue weighted by molar-refractivity contribution is 6.06. The van der Waals surface area contributed by atoms with Gasteiger partial charge in [-0.1, -0.05) is 45.7 Å². The molecule has 2 aromatic carbocycles. The highest BCUT2D eigenvalue weighted by Gasteiger charge is 2.20. The summed E-state index contributed by atoms with van der Waals surface area (Å²) in [4.78, 5) is 28.0. The minimum Gasteiger partial charge on any atom is -0.371 e. The van der Waals surface area contributed by atoms with Crippen molar-refractivity contribution in [2.45, 2.75) is 59.3 Å². The van der Waals surface area contributed by atoms with Gasteiger partial charge in [0, 0.05) is 36.6 Å². The van der Waals surface area contributed by atoms with Crippen molar-refractivity contribution in [2.75, 3.05) is 29.9 Å². The number of rotatable bonds is 10. The average Bonchev–Trinajstić information content (AvgIpc) is 3.33. The minimum absolute atomic E-state index is 0.0897. The van der Waals surface area contributed by atoms with Crippen LogP contribution < -0.4 is 15.5 Å². The topological polar surface area (TPSA) is 61.4 Å². The third-order valence-corrected chi connectivity index (χ3v) is 5.90. The van der Waals surface area contributed by atoms with Crippen LogP contribution in [0.1, 0.15) is 79.2 Å². The second-order valence-corrected chi connectivity index (χ2v) is 9.14. The summed E-state index contributed by atoms with van der Waals surface area (Å²) in [5, 5.41) is 5.99. The van der Waals surface area contributed by atoms with Gasteiger partial charge < -0.3 is 15.5 Å². The quantitative estimate of drug-likeness (QED) is 0.474. The molecule has 0 radical (unpaired) electrons. The molecule has 1 saturated heterocycles. The van der Waals surface area contributed by atoms with E-state index in [4.69, 9.17) is 0 Å². The summed E-state index contributed by atoms with van der Waals surface area (Å²) in [5.41, 5.74) is 4.09. The first kappa shape index (κ1) is 23.8. The predicted molar refractivity (Wildman–Crippen MR) is 133 cm³/mol. The standard InChI is InChI=1S/C27H37N3O2/c1-4-5-6-9-21-10-12-22(13-11-21)26(31)29-23-14-15-25(30-16-7-8-17-30)24(18-23)27(32)28-19-20(2)3/h10-15,18,20H,4-9,16-17,19H2,1-3H3,(H,28,32)(H,29,31). The number of benzene rings is 2. The minimum atomic E-state index is -0.160. The molecular weight excluding hydrogens is 398 g/mol. The van der Waals surface area contributed by atoms with Crippen LogP contribution in [0.2, 0.25) is 0 Å². The van der Waals surface area contributed by atoms with Gasteiger partial charge in [0.05, 0.1) is 5.56 Å². The number of nitrogens with one attached hydrogen (secondary N) is 2. The van der Waals surface area contributed by atoms with E-state index in [9.17, 15) is 9.59 Å². The number of amides is 2. The van der Waals surface area contributed by atoms with Gasteiger partial charge in [-0.25, -0.2) is 0 Å². The monoisotopic (exact) mass is 435 g/mol. The van der Waals surface area contributed by atoms with Crippen LogP contribution in [-0.2, 0) is 6.42 Å². The second-order valence-electron chi connectivity index (χ2n) is 9.14. The smallest absolute Gasteiger partial charge is 0.255 e. The molecule has 3 rings (SSSR count). The number of hydrogen-bond donors (Lipinski definition) is 2. The number of aryl methyl sites for hydroxylation is 1. The Hall–Kier alpha value is -2.82. The molecule has 5 nitrogen and oxygen atoms in total. The van der Waals surface area contributed by atoms with Gasteiger partial charge in [0.15, 0.2) is 0 Å². The van der Waals surface area contributed by atoms with Crippen molar-refractivity contribution in [2.24, 2.45) is 5.92 Å². The Labute approximate surface area is 192 Å². The number of carbonyl (C=O) groups is 2. The predicted octanol–water partition coefficient (Wildman–Crippen LogP) is 5.66. The van der Waals surface area contributed by atoms with Crippen molar-refractivity contribution in [1.29, 1.82) is 0 Å². The average molecular weight is 436 g/mol. The van der Waals surface area contributed by atoms with E-state index < -0.39 is 0 Å². The van der Waals surface area contributed by atoms with Gasteiger partial charge >= 0.3 is 0 Å². The van der Waals surface area contributed by atoms with E-state index in [1.165, 1.54) is 24.8 Å². The van der Waals surface area contributed by atoms with E-state index in [0.29, 0.717) is 29.3 Å². The molecule has 0 unspecified atom stereocenters. The summed E-state index contributed by atoms with van der Waals surface area (Å²) in [6.07, 6.45) is 6.92. The third kappa shape index (κ3) is 6.59. The maximum atomic E-state index is 12.9. The number of carbonyl (C=O) groups excluding carboxylic acids is 2. The molecule has 1 fully saturated rings. The zero-order valence-corrected chi connectivity index (χ0v) is 19.7. The van der Waals surface area contributed by atoms with E-state index in [2.05, 4.69) is 36.3 Å². The summed E-state index contributed by atoms with van der Waals surface area (Å²) >= 11 is 0. The Morgan fingerprint density at radius 1 is 0.969 bits per heavy atom. The highest BCUT2D eigenvalue weighted by atomic mass is 16.2. The summed E-state index contributed by atoms with van der Waals surface area (Å²) in [6.45, 7) is 8.90. The van der Waals surface area contributed by atoms with Gasteiger partial charge in [-0.3, -0.25) is 9.59 Å². The lowest BCUT2D eigenvalue weighted by molar-refractivity contribution is 0.0948. The van der Waals surface area contributed by atoms with Crippen molar-refractivity contribution < 1.29 is 9.59 Å². The molecule has 2 N–H and O–H groups in total. The Bertz CT molecular complexity index is 900. The maximum Gasteiger partial charge on any atom is 0.255 e. The zero-order valence-electron chi connectivity index (χ0n) is 19.7. The molecular formula is C27H37N3O2. The summed E-state index contributed by atoms with van der Waals surface area (Å²) < 4.78 is 0. The van der Waals surface area contributed by atoms with E-state index in [1.807, 2.05) is 36.4 Å². The molecule has 2 amide bonds. The molecule has 1 heterocycles. The first-order valence-electron chi connectivity index (χ1n) is 12.1. The van der Waals surface area contributed by atoms with Gasteiger partial charge in [0.1, 0.15) is 0 Å². The maximum absolute atomic E-state index is 12.9. The molecule has 2 aromatic rings. The van der Waals surface area contributed by atoms with Gasteiger partial charge in [0.2, 0.25) is 0 Å². The molecule has 32 heavy (non-hydrogen) atoms. The number of hydrogen-bond acceptors (Lipinski definition) is 3. The first-order valence-corrected chi connectivity index (χ1v) is 12.1. The fraction of sp³-hybridized carbons (Fsp3) is 0.481. The van der Waals surface area contributed by atoms with Crippen LogP contribution >= 0.6 is 0 Å². The van der Waals surface area contributed by atoms with E-state index in [1.54, 1.807) is 6.07 Å². The van der Waals surface area contributed by atoms with Crippen molar-refractivity contribution >= 4 is 23.2 Å². The zero-order chi connectivity index (χ0) is 22.9. The van der Waals surface area contributed by atoms with Crippen molar-refractivity contribution in [3.8, 4) is 0 Å². The van der Waals surface area contributed by atoms with Crippen LogP contribution in [0.4, 0.5) is 11.4 Å². The lowest BCUT2D eigenvalue weighted by atomic mass is 10.0. The number of unbranched alkanes of at least 4 members (excludes halogenated alkanes) is 2. The van der Waals surface area contributed by atoms with Gasteiger partial charge in [-0.15, -0.1) is 0 Å².